The van der Waals surface area contributed by atoms with E-state index in [2.05, 4.69) is 43.9 Å². The highest BCUT2D eigenvalue weighted by Crippen LogP contribution is 2.20. The van der Waals surface area contributed by atoms with Crippen LogP contribution in [0.5, 0.6) is 0 Å². The van der Waals surface area contributed by atoms with Crippen LogP contribution >= 0.6 is 0 Å². The monoisotopic (exact) mass is 260 g/mol. The molecule has 1 atom stereocenters. The van der Waals surface area contributed by atoms with E-state index in [1.165, 1.54) is 42.6 Å². The van der Waals surface area contributed by atoms with Crippen molar-refractivity contribution in [3.8, 4) is 0 Å². The summed E-state index contributed by atoms with van der Waals surface area (Å²) >= 11 is 0. The van der Waals surface area contributed by atoms with Crippen molar-refractivity contribution in [1.82, 2.24) is 4.90 Å². The zero-order chi connectivity index (χ0) is 13.8. The maximum absolute atomic E-state index is 6.33. The van der Waals surface area contributed by atoms with E-state index >= 15 is 0 Å². The number of aryl methyl sites for hydroxylation is 2. The van der Waals surface area contributed by atoms with Crippen molar-refractivity contribution in [2.24, 2.45) is 11.7 Å². The van der Waals surface area contributed by atoms with Gasteiger partial charge < -0.3 is 10.6 Å². The predicted octanol–water partition coefficient (Wildman–Crippen LogP) is 3.43. The molecule has 2 N–H and O–H groups in total. The molecule has 1 aliphatic rings. The van der Waals surface area contributed by atoms with E-state index in [1.807, 2.05) is 0 Å². The van der Waals surface area contributed by atoms with Crippen molar-refractivity contribution in [3.05, 3.63) is 34.9 Å². The largest absolute Gasteiger partial charge is 0.324 e. The maximum atomic E-state index is 6.33. The molecule has 1 aromatic carbocycles. The molecule has 0 spiro atoms. The van der Waals surface area contributed by atoms with E-state index < -0.39 is 0 Å². The fraction of sp³-hybridized carbons (Fsp3) is 0.647. The third kappa shape index (κ3) is 4.05. The highest BCUT2D eigenvalue weighted by molar-refractivity contribution is 5.31. The van der Waals surface area contributed by atoms with Gasteiger partial charge in [0.2, 0.25) is 0 Å². The molecule has 1 unspecified atom stereocenters. The molecule has 1 aromatic rings. The minimum Gasteiger partial charge on any atom is -0.324 e. The zero-order valence-corrected chi connectivity index (χ0v) is 12.7. The lowest BCUT2D eigenvalue weighted by Crippen LogP contribution is -2.34. The van der Waals surface area contributed by atoms with E-state index in [1.54, 1.807) is 0 Å². The topological polar surface area (TPSA) is 29.3 Å². The van der Waals surface area contributed by atoms with Gasteiger partial charge in [-0.05, 0) is 75.4 Å². The molecule has 1 aliphatic heterocycles. The Kier molecular flexibility index (Phi) is 5.00. The molecule has 106 valence electrons. The van der Waals surface area contributed by atoms with Crippen LogP contribution in [0.3, 0.4) is 0 Å². The summed E-state index contributed by atoms with van der Waals surface area (Å²) in [6.07, 6.45) is 3.76. The number of likely N-dealkylation sites (tertiary alicyclic amines) is 1. The second-order valence-electron chi connectivity index (χ2n) is 6.26. The predicted molar refractivity (Wildman–Crippen MR) is 82.3 cm³/mol. The van der Waals surface area contributed by atoms with Gasteiger partial charge in [0.1, 0.15) is 0 Å². The molecule has 0 saturated carbocycles. The van der Waals surface area contributed by atoms with E-state index in [0.29, 0.717) is 0 Å². The first-order chi connectivity index (χ1) is 9.06. The van der Waals surface area contributed by atoms with Gasteiger partial charge in [-0.25, -0.2) is 0 Å². The second-order valence-corrected chi connectivity index (χ2v) is 6.26. The van der Waals surface area contributed by atoms with E-state index in [9.17, 15) is 0 Å². The summed E-state index contributed by atoms with van der Waals surface area (Å²) in [6, 6.07) is 6.80. The van der Waals surface area contributed by atoms with Crippen molar-refractivity contribution in [3.63, 3.8) is 0 Å². The molecule has 0 radical (unpaired) electrons. The Balaban J connectivity index is 1.83. The fourth-order valence-corrected chi connectivity index (χ4v) is 2.77. The van der Waals surface area contributed by atoms with E-state index in [-0.39, 0.29) is 6.04 Å². The molecule has 1 fully saturated rings. The molecule has 19 heavy (non-hydrogen) atoms. The van der Waals surface area contributed by atoms with Crippen LogP contribution in [0.1, 0.15) is 48.9 Å². The summed E-state index contributed by atoms with van der Waals surface area (Å²) in [5.41, 5.74) is 10.3. The minimum absolute atomic E-state index is 0.179. The van der Waals surface area contributed by atoms with Crippen LogP contribution in [-0.4, -0.2) is 24.5 Å². The van der Waals surface area contributed by atoms with Crippen molar-refractivity contribution >= 4 is 0 Å². The van der Waals surface area contributed by atoms with Crippen LogP contribution in [0.15, 0.2) is 18.2 Å². The van der Waals surface area contributed by atoms with Crippen molar-refractivity contribution in [1.29, 1.82) is 0 Å². The standard InChI is InChI=1S/C17H28N2/c1-13-6-9-19(10-7-13)11-8-17(18)16-5-4-14(2)15(3)12-16/h4-5,12-13,17H,6-11,18H2,1-3H3. The first kappa shape index (κ1) is 14.5. The van der Waals surface area contributed by atoms with Gasteiger partial charge in [0, 0.05) is 6.04 Å². The van der Waals surface area contributed by atoms with Gasteiger partial charge in [0.05, 0.1) is 0 Å². The van der Waals surface area contributed by atoms with E-state index in [4.69, 9.17) is 5.73 Å². The molecule has 2 nitrogen and oxygen atoms in total. The molecular weight excluding hydrogens is 232 g/mol. The van der Waals surface area contributed by atoms with Gasteiger partial charge in [-0.1, -0.05) is 25.1 Å². The molecule has 1 heterocycles. The molecule has 1 saturated heterocycles. The third-order valence-corrected chi connectivity index (χ3v) is 4.59. The second kappa shape index (κ2) is 6.53. The number of rotatable bonds is 4. The number of benzene rings is 1. The average molecular weight is 260 g/mol. The van der Waals surface area contributed by atoms with Crippen molar-refractivity contribution in [2.75, 3.05) is 19.6 Å². The molecular formula is C17H28N2. The molecule has 0 bridgehead atoms. The Morgan fingerprint density at radius 3 is 2.53 bits per heavy atom. The minimum atomic E-state index is 0.179. The zero-order valence-electron chi connectivity index (χ0n) is 12.7. The van der Waals surface area contributed by atoms with Gasteiger partial charge in [0.15, 0.2) is 0 Å². The third-order valence-electron chi connectivity index (χ3n) is 4.59. The molecule has 2 rings (SSSR count). The Hall–Kier alpha value is -0.860. The summed E-state index contributed by atoms with van der Waals surface area (Å²) in [5.74, 6) is 0.907. The molecule has 0 aliphatic carbocycles. The van der Waals surface area contributed by atoms with Gasteiger partial charge in [-0.15, -0.1) is 0 Å². The number of nitrogens with zero attached hydrogens (tertiary/aromatic N) is 1. The quantitative estimate of drug-likeness (QED) is 0.898. The molecule has 0 amide bonds. The highest BCUT2D eigenvalue weighted by Gasteiger charge is 2.16. The first-order valence-corrected chi connectivity index (χ1v) is 7.61. The van der Waals surface area contributed by atoms with Crippen LogP contribution in [0, 0.1) is 19.8 Å². The van der Waals surface area contributed by atoms with Crippen molar-refractivity contribution < 1.29 is 0 Å². The number of hydrogen-bond acceptors (Lipinski definition) is 2. The summed E-state index contributed by atoms with van der Waals surface area (Å²) in [5, 5.41) is 0. The van der Waals surface area contributed by atoms with Gasteiger partial charge in [-0.2, -0.15) is 0 Å². The summed E-state index contributed by atoms with van der Waals surface area (Å²) < 4.78 is 0. The highest BCUT2D eigenvalue weighted by atomic mass is 15.1. The summed E-state index contributed by atoms with van der Waals surface area (Å²) in [6.45, 7) is 10.3. The van der Waals surface area contributed by atoms with Crippen LogP contribution in [0.2, 0.25) is 0 Å². The maximum Gasteiger partial charge on any atom is 0.0307 e. The van der Waals surface area contributed by atoms with Crippen LogP contribution in [0.25, 0.3) is 0 Å². The van der Waals surface area contributed by atoms with Crippen LogP contribution in [-0.2, 0) is 0 Å². The number of nitrogens with two attached hydrogens (primary N) is 1. The Morgan fingerprint density at radius 2 is 1.89 bits per heavy atom. The average Bonchev–Trinajstić information content (AvgIpc) is 2.41. The molecule has 2 heteroatoms. The normalized spacial score (nSPS) is 19.6. The van der Waals surface area contributed by atoms with E-state index in [0.717, 1.165) is 18.9 Å². The van der Waals surface area contributed by atoms with Crippen LogP contribution in [0.4, 0.5) is 0 Å². The lowest BCUT2D eigenvalue weighted by Gasteiger charge is -2.30. The Bertz CT molecular complexity index is 406. The molecule has 0 aromatic heterocycles. The van der Waals surface area contributed by atoms with Gasteiger partial charge in [0.25, 0.3) is 0 Å². The summed E-state index contributed by atoms with van der Waals surface area (Å²) in [7, 11) is 0. The Morgan fingerprint density at radius 1 is 1.21 bits per heavy atom. The number of piperidine rings is 1. The van der Waals surface area contributed by atoms with Gasteiger partial charge >= 0.3 is 0 Å². The summed E-state index contributed by atoms with van der Waals surface area (Å²) in [4.78, 5) is 2.57. The Labute approximate surface area is 118 Å². The van der Waals surface area contributed by atoms with Crippen LogP contribution < -0.4 is 5.73 Å². The fourth-order valence-electron chi connectivity index (χ4n) is 2.77. The SMILES string of the molecule is Cc1ccc(C(N)CCN2CCC(C)CC2)cc1C. The smallest absolute Gasteiger partial charge is 0.0307 e. The van der Waals surface area contributed by atoms with Gasteiger partial charge in [-0.3, -0.25) is 0 Å². The lowest BCUT2D eigenvalue weighted by atomic mass is 9.97. The van der Waals surface area contributed by atoms with Crippen molar-refractivity contribution in [2.45, 2.75) is 46.1 Å². The first-order valence-electron chi connectivity index (χ1n) is 7.61. The number of hydrogen-bond donors (Lipinski definition) is 1. The lowest BCUT2D eigenvalue weighted by molar-refractivity contribution is 0.187.